The Morgan fingerprint density at radius 1 is 1.33 bits per heavy atom. The number of rotatable bonds is 6. The smallest absolute Gasteiger partial charge is 0.422 e. The van der Waals surface area contributed by atoms with Gasteiger partial charge in [0, 0.05) is 26.7 Å². The van der Waals surface area contributed by atoms with Crippen LogP contribution in [0.3, 0.4) is 0 Å². The summed E-state index contributed by atoms with van der Waals surface area (Å²) in [6.07, 6.45) is -3.62. The Morgan fingerprint density at radius 3 is 2.71 bits per heavy atom. The van der Waals surface area contributed by atoms with Gasteiger partial charge in [0.2, 0.25) is 0 Å². The molecule has 0 radical (unpaired) electrons. The molecule has 0 amide bonds. The molecule has 1 saturated heterocycles. The van der Waals surface area contributed by atoms with Crippen molar-refractivity contribution in [3.05, 3.63) is 24.3 Å². The maximum Gasteiger partial charge on any atom is 0.422 e. The summed E-state index contributed by atoms with van der Waals surface area (Å²) >= 11 is 0. The minimum atomic E-state index is -4.36. The van der Waals surface area contributed by atoms with E-state index in [1.54, 1.807) is 25.3 Å². The van der Waals surface area contributed by atoms with Gasteiger partial charge in [-0.15, -0.1) is 0 Å². The molecule has 7 heteroatoms. The second kappa shape index (κ2) is 6.53. The molecule has 1 aromatic rings. The second-order valence-electron chi connectivity index (χ2n) is 4.94. The molecular formula is C14H18F3NO3. The summed E-state index contributed by atoms with van der Waals surface area (Å²) < 4.78 is 52.3. The van der Waals surface area contributed by atoms with Gasteiger partial charge < -0.3 is 19.5 Å². The second-order valence-corrected chi connectivity index (χ2v) is 4.94. The molecule has 0 aliphatic carbocycles. The van der Waals surface area contributed by atoms with Gasteiger partial charge in [-0.05, 0) is 12.1 Å². The molecule has 1 aliphatic heterocycles. The van der Waals surface area contributed by atoms with E-state index in [4.69, 9.17) is 14.2 Å². The fourth-order valence-electron chi connectivity index (χ4n) is 2.12. The Bertz CT molecular complexity index is 459. The van der Waals surface area contributed by atoms with Gasteiger partial charge in [0.1, 0.15) is 11.4 Å². The van der Waals surface area contributed by atoms with Crippen LogP contribution in [0.25, 0.3) is 0 Å². The maximum absolute atomic E-state index is 12.2. The summed E-state index contributed by atoms with van der Waals surface area (Å²) in [4.78, 5) is 0. The number of hydrogen-bond acceptors (Lipinski definition) is 4. The Hall–Kier alpha value is -1.47. The molecule has 21 heavy (non-hydrogen) atoms. The van der Waals surface area contributed by atoms with Gasteiger partial charge in [-0.25, -0.2) is 0 Å². The predicted octanol–water partition coefficient (Wildman–Crippen LogP) is 2.85. The monoisotopic (exact) mass is 305 g/mol. The van der Waals surface area contributed by atoms with Crippen molar-refractivity contribution in [2.45, 2.75) is 18.2 Å². The molecule has 0 spiro atoms. The van der Waals surface area contributed by atoms with Crippen LogP contribution in [0.5, 0.6) is 5.75 Å². The van der Waals surface area contributed by atoms with E-state index in [0.29, 0.717) is 25.4 Å². The van der Waals surface area contributed by atoms with Crippen molar-refractivity contribution in [3.63, 3.8) is 0 Å². The Kier molecular flexibility index (Phi) is 4.95. The number of methoxy groups -OCH3 is 1. The van der Waals surface area contributed by atoms with Crippen molar-refractivity contribution in [2.24, 2.45) is 0 Å². The minimum Gasteiger partial charge on any atom is -0.482 e. The van der Waals surface area contributed by atoms with E-state index in [1.165, 1.54) is 6.07 Å². The van der Waals surface area contributed by atoms with E-state index < -0.39 is 18.4 Å². The van der Waals surface area contributed by atoms with E-state index in [-0.39, 0.29) is 5.75 Å². The lowest BCUT2D eigenvalue weighted by molar-refractivity contribution is -0.153. The van der Waals surface area contributed by atoms with Crippen LogP contribution < -0.4 is 10.1 Å². The molecule has 1 unspecified atom stereocenters. The number of alkyl halides is 3. The van der Waals surface area contributed by atoms with Crippen molar-refractivity contribution < 1.29 is 27.4 Å². The van der Waals surface area contributed by atoms with Gasteiger partial charge >= 0.3 is 6.18 Å². The molecular weight excluding hydrogens is 287 g/mol. The average molecular weight is 305 g/mol. The first kappa shape index (κ1) is 15.9. The quantitative estimate of drug-likeness (QED) is 0.877. The highest BCUT2D eigenvalue weighted by molar-refractivity contribution is 5.56. The molecule has 0 aromatic heterocycles. The Morgan fingerprint density at radius 2 is 2.10 bits per heavy atom. The summed E-state index contributed by atoms with van der Waals surface area (Å²) in [6.45, 7) is 0.198. The molecule has 1 aromatic carbocycles. The predicted molar refractivity (Wildman–Crippen MR) is 71.7 cm³/mol. The van der Waals surface area contributed by atoms with Crippen LogP contribution in [0.4, 0.5) is 18.9 Å². The first-order valence-corrected chi connectivity index (χ1v) is 6.59. The van der Waals surface area contributed by atoms with Crippen LogP contribution in [0.2, 0.25) is 0 Å². The van der Waals surface area contributed by atoms with Gasteiger partial charge in [-0.1, -0.05) is 12.1 Å². The molecule has 0 bridgehead atoms. The molecule has 1 atom stereocenters. The highest BCUT2D eigenvalue weighted by Crippen LogP contribution is 2.29. The summed E-state index contributed by atoms with van der Waals surface area (Å²) in [5, 5.41) is 3.09. The number of halogens is 3. The van der Waals surface area contributed by atoms with Gasteiger partial charge in [0.15, 0.2) is 6.61 Å². The zero-order chi connectivity index (χ0) is 15.3. The van der Waals surface area contributed by atoms with Crippen molar-refractivity contribution in [3.8, 4) is 5.75 Å². The summed E-state index contributed by atoms with van der Waals surface area (Å²) in [5.41, 5.74) is 0.0574. The van der Waals surface area contributed by atoms with Gasteiger partial charge in [-0.2, -0.15) is 13.2 Å². The van der Waals surface area contributed by atoms with Crippen LogP contribution in [0.15, 0.2) is 24.3 Å². The summed E-state index contributed by atoms with van der Waals surface area (Å²) in [7, 11) is 1.60. The molecule has 1 N–H and O–H groups in total. The van der Waals surface area contributed by atoms with Gasteiger partial charge in [0.25, 0.3) is 0 Å². The standard InChI is InChI=1S/C14H18F3NO3/c1-19-13(6-7-20-9-13)8-18-11-4-2-3-5-12(11)21-10-14(15,16)17/h2-5,18H,6-10H2,1H3. The number of benzene rings is 1. The van der Waals surface area contributed by atoms with Crippen LogP contribution in [-0.2, 0) is 9.47 Å². The lowest BCUT2D eigenvalue weighted by Crippen LogP contribution is -2.39. The molecule has 2 rings (SSSR count). The van der Waals surface area contributed by atoms with E-state index in [9.17, 15) is 13.2 Å². The Balaban J connectivity index is 1.99. The third kappa shape index (κ3) is 4.50. The van der Waals surface area contributed by atoms with E-state index >= 15 is 0 Å². The normalized spacial score (nSPS) is 22.3. The molecule has 1 heterocycles. The lowest BCUT2D eigenvalue weighted by atomic mass is 10.0. The van der Waals surface area contributed by atoms with Crippen molar-refractivity contribution in [1.29, 1.82) is 0 Å². The maximum atomic E-state index is 12.2. The fourth-order valence-corrected chi connectivity index (χ4v) is 2.12. The Labute approximate surface area is 121 Å². The summed E-state index contributed by atoms with van der Waals surface area (Å²) in [5.74, 6) is 0.167. The van der Waals surface area contributed by atoms with Crippen LogP contribution in [0.1, 0.15) is 6.42 Å². The SMILES string of the molecule is COC1(CNc2ccccc2OCC(F)(F)F)CCOC1. The average Bonchev–Trinajstić information content (AvgIpc) is 2.92. The van der Waals surface area contributed by atoms with Crippen LogP contribution in [-0.4, -0.2) is 45.3 Å². The van der Waals surface area contributed by atoms with Crippen LogP contribution >= 0.6 is 0 Å². The fraction of sp³-hybridized carbons (Fsp3) is 0.571. The number of para-hydroxylation sites is 2. The number of ether oxygens (including phenoxy) is 3. The zero-order valence-electron chi connectivity index (χ0n) is 11.7. The van der Waals surface area contributed by atoms with Crippen molar-refractivity contribution in [2.75, 3.05) is 38.8 Å². The topological polar surface area (TPSA) is 39.7 Å². The third-order valence-corrected chi connectivity index (χ3v) is 3.38. The number of nitrogens with one attached hydrogen (secondary N) is 1. The van der Waals surface area contributed by atoms with E-state index in [0.717, 1.165) is 6.42 Å². The van der Waals surface area contributed by atoms with Crippen molar-refractivity contribution in [1.82, 2.24) is 0 Å². The largest absolute Gasteiger partial charge is 0.482 e. The van der Waals surface area contributed by atoms with Gasteiger partial charge in [0.05, 0.1) is 12.3 Å². The molecule has 1 fully saturated rings. The highest BCUT2D eigenvalue weighted by Gasteiger charge is 2.35. The van der Waals surface area contributed by atoms with Gasteiger partial charge in [-0.3, -0.25) is 0 Å². The first-order valence-electron chi connectivity index (χ1n) is 6.59. The first-order chi connectivity index (χ1) is 9.94. The third-order valence-electron chi connectivity index (χ3n) is 3.38. The van der Waals surface area contributed by atoms with Crippen LogP contribution in [0, 0.1) is 0 Å². The lowest BCUT2D eigenvalue weighted by Gasteiger charge is -2.27. The molecule has 118 valence electrons. The number of anilines is 1. The number of hydrogen-bond donors (Lipinski definition) is 1. The van der Waals surface area contributed by atoms with E-state index in [2.05, 4.69) is 5.32 Å². The minimum absolute atomic E-state index is 0.167. The van der Waals surface area contributed by atoms with E-state index in [1.807, 2.05) is 0 Å². The summed E-state index contributed by atoms with van der Waals surface area (Å²) in [6, 6.07) is 6.53. The molecule has 1 aliphatic rings. The zero-order valence-corrected chi connectivity index (χ0v) is 11.7. The molecule has 4 nitrogen and oxygen atoms in total. The highest BCUT2D eigenvalue weighted by atomic mass is 19.4. The van der Waals surface area contributed by atoms with Crippen molar-refractivity contribution >= 4 is 5.69 Å². The molecule has 0 saturated carbocycles.